The monoisotopic (exact) mass is 495 g/mol. The summed E-state index contributed by atoms with van der Waals surface area (Å²) in [6.45, 7) is 5.71. The van der Waals surface area contributed by atoms with E-state index < -0.39 is 0 Å². The number of rotatable bonds is 8. The average Bonchev–Trinajstić information content (AvgIpc) is 3.52. The Kier molecular flexibility index (Phi) is 6.64. The Balaban J connectivity index is 1.63. The first-order valence-corrected chi connectivity index (χ1v) is 12.9. The van der Waals surface area contributed by atoms with Gasteiger partial charge in [-0.3, -0.25) is 0 Å². The van der Waals surface area contributed by atoms with E-state index in [1.54, 1.807) is 17.5 Å². The van der Waals surface area contributed by atoms with Gasteiger partial charge in [-0.1, -0.05) is 13.0 Å². The Morgan fingerprint density at radius 3 is 2.78 bits per heavy atom. The third-order valence-corrected chi connectivity index (χ3v) is 7.29. The topological polar surface area (TPSA) is 77.0 Å². The van der Waals surface area contributed by atoms with E-state index in [1.807, 2.05) is 6.20 Å². The first-order chi connectivity index (χ1) is 17.5. The van der Waals surface area contributed by atoms with Crippen LogP contribution in [-0.4, -0.2) is 35.6 Å². The number of thiophene rings is 1. The van der Waals surface area contributed by atoms with Crippen molar-refractivity contribution in [2.75, 3.05) is 26.0 Å². The van der Waals surface area contributed by atoms with Crippen molar-refractivity contribution in [3.05, 3.63) is 71.5 Å². The molecule has 0 spiro atoms. The lowest BCUT2D eigenvalue weighted by Gasteiger charge is -2.14. The molecule has 3 heterocycles. The molecule has 0 radical (unpaired) electrons. The van der Waals surface area contributed by atoms with Crippen molar-refractivity contribution < 1.29 is 4.74 Å². The molecule has 0 atom stereocenters. The van der Waals surface area contributed by atoms with Crippen LogP contribution in [0.1, 0.15) is 30.0 Å². The quantitative estimate of drug-likeness (QED) is 0.238. The Morgan fingerprint density at radius 1 is 1.14 bits per heavy atom. The lowest BCUT2D eigenvalue weighted by atomic mass is 10.1. The summed E-state index contributed by atoms with van der Waals surface area (Å²) in [5, 5.41) is 15.5. The lowest BCUT2D eigenvalue weighted by Crippen LogP contribution is -2.10. The summed E-state index contributed by atoms with van der Waals surface area (Å²) in [6.07, 6.45) is 4.55. The van der Waals surface area contributed by atoms with Crippen LogP contribution >= 0.6 is 11.3 Å². The van der Waals surface area contributed by atoms with Gasteiger partial charge in [0.15, 0.2) is 0 Å². The summed E-state index contributed by atoms with van der Waals surface area (Å²) in [4.78, 5) is 12.0. The first kappa shape index (κ1) is 23.9. The molecule has 0 saturated heterocycles. The maximum absolute atomic E-state index is 9.89. The van der Waals surface area contributed by atoms with E-state index in [2.05, 4.69) is 96.7 Å². The highest BCUT2D eigenvalue weighted by Gasteiger charge is 2.17. The molecule has 2 N–H and O–H groups in total. The summed E-state index contributed by atoms with van der Waals surface area (Å²) in [5.41, 5.74) is 6.76. The number of anilines is 2. The number of pyridine rings is 1. The molecule has 0 unspecified atom stereocenters. The fraction of sp³-hybridized carbons (Fsp3) is 0.241. The van der Waals surface area contributed by atoms with Gasteiger partial charge in [-0.2, -0.15) is 5.26 Å². The van der Waals surface area contributed by atoms with Gasteiger partial charge >= 0.3 is 0 Å². The molecule has 0 amide bonds. The van der Waals surface area contributed by atoms with Crippen molar-refractivity contribution in [3.63, 3.8) is 0 Å². The minimum Gasteiger partial charge on any atom is -0.493 e. The number of aryl methyl sites for hydroxylation is 1. The smallest absolute Gasteiger partial charge is 0.127 e. The number of benzene rings is 2. The van der Waals surface area contributed by atoms with Crippen LogP contribution in [0.15, 0.2) is 54.9 Å². The molecule has 7 heteroatoms. The number of hydrogen-bond acceptors (Lipinski definition) is 6. The molecule has 0 aliphatic heterocycles. The lowest BCUT2D eigenvalue weighted by molar-refractivity contribution is 0.318. The van der Waals surface area contributed by atoms with Gasteiger partial charge in [-0.25, -0.2) is 4.98 Å². The van der Waals surface area contributed by atoms with E-state index in [0.717, 1.165) is 67.2 Å². The number of fused-ring (bicyclic) bond motifs is 2. The van der Waals surface area contributed by atoms with E-state index in [9.17, 15) is 5.26 Å². The molecule has 5 aromatic rings. The molecule has 0 bridgehead atoms. The van der Waals surface area contributed by atoms with Gasteiger partial charge in [0.1, 0.15) is 16.6 Å². The molecule has 3 aromatic heterocycles. The van der Waals surface area contributed by atoms with Gasteiger partial charge in [0.2, 0.25) is 0 Å². The Morgan fingerprint density at radius 2 is 2.00 bits per heavy atom. The zero-order valence-corrected chi connectivity index (χ0v) is 21.8. The minimum absolute atomic E-state index is 0.518. The van der Waals surface area contributed by atoms with Crippen LogP contribution < -0.4 is 10.1 Å². The molecule has 0 saturated carbocycles. The number of H-pyrrole nitrogens is 1. The van der Waals surface area contributed by atoms with Crippen molar-refractivity contribution in [1.29, 1.82) is 5.26 Å². The van der Waals surface area contributed by atoms with E-state index in [1.165, 1.54) is 5.56 Å². The van der Waals surface area contributed by atoms with E-state index in [4.69, 9.17) is 4.74 Å². The fourth-order valence-electron chi connectivity index (χ4n) is 4.47. The van der Waals surface area contributed by atoms with Gasteiger partial charge in [0.05, 0.1) is 17.9 Å². The zero-order valence-electron chi connectivity index (χ0n) is 21.0. The van der Waals surface area contributed by atoms with Gasteiger partial charge < -0.3 is 19.9 Å². The summed E-state index contributed by atoms with van der Waals surface area (Å²) < 4.78 is 6.12. The molecule has 2 aromatic carbocycles. The third-order valence-electron chi connectivity index (χ3n) is 6.22. The Hall–Kier alpha value is -3.86. The molecule has 5 rings (SSSR count). The fourth-order valence-corrected chi connectivity index (χ4v) is 5.50. The summed E-state index contributed by atoms with van der Waals surface area (Å²) >= 11 is 1.62. The first-order valence-electron chi connectivity index (χ1n) is 12.1. The number of nitrogens with zero attached hydrogens (tertiary/aromatic N) is 3. The number of nitrogens with one attached hydrogen (secondary N) is 2. The van der Waals surface area contributed by atoms with Crippen LogP contribution in [0.3, 0.4) is 0 Å². The largest absolute Gasteiger partial charge is 0.493 e. The number of aromatic amines is 1. The molecule has 6 nitrogen and oxygen atoms in total. The number of hydrogen-bond donors (Lipinski definition) is 2. The van der Waals surface area contributed by atoms with E-state index in [0.29, 0.717) is 12.2 Å². The van der Waals surface area contributed by atoms with E-state index in [-0.39, 0.29) is 0 Å². The second-order valence-corrected chi connectivity index (χ2v) is 10.2. The summed E-state index contributed by atoms with van der Waals surface area (Å²) in [6, 6.07) is 17.0. The number of aromatic nitrogens is 2. The van der Waals surface area contributed by atoms with Gasteiger partial charge in [0, 0.05) is 51.4 Å². The highest BCUT2D eigenvalue weighted by Crippen LogP contribution is 2.42. The molecule has 182 valence electrons. The molecule has 0 aliphatic rings. The molecule has 0 fully saturated rings. The normalized spacial score (nSPS) is 11.3. The van der Waals surface area contributed by atoms with Crippen LogP contribution in [0.25, 0.3) is 31.6 Å². The summed E-state index contributed by atoms with van der Waals surface area (Å²) in [7, 11) is 4.14. The SMILES string of the molecule is CCCOc1ccc(CN(C)C)cc1-c1cc2c(Nc3ccc4[nH]ccc4c3C)c(C#N)cnc2s1. The van der Waals surface area contributed by atoms with Crippen LogP contribution in [0, 0.1) is 18.3 Å². The predicted octanol–water partition coefficient (Wildman–Crippen LogP) is 7.22. The maximum atomic E-state index is 9.89. The van der Waals surface area contributed by atoms with Crippen molar-refractivity contribution in [3.8, 4) is 22.3 Å². The Labute approximate surface area is 215 Å². The maximum Gasteiger partial charge on any atom is 0.127 e. The molecule has 36 heavy (non-hydrogen) atoms. The molecular formula is C29H29N5OS. The number of nitriles is 1. The van der Waals surface area contributed by atoms with Crippen LogP contribution in [-0.2, 0) is 6.54 Å². The molecule has 0 aliphatic carbocycles. The second-order valence-electron chi connectivity index (χ2n) is 9.21. The van der Waals surface area contributed by atoms with Gasteiger partial charge in [0.25, 0.3) is 0 Å². The van der Waals surface area contributed by atoms with E-state index >= 15 is 0 Å². The highest BCUT2D eigenvalue weighted by atomic mass is 32.1. The average molecular weight is 496 g/mol. The zero-order chi connectivity index (χ0) is 25.2. The number of ether oxygens (including phenoxy) is 1. The van der Waals surface area contributed by atoms with Crippen molar-refractivity contribution in [2.24, 2.45) is 0 Å². The molecular weight excluding hydrogens is 466 g/mol. The van der Waals surface area contributed by atoms with Crippen molar-refractivity contribution in [1.82, 2.24) is 14.9 Å². The highest BCUT2D eigenvalue weighted by molar-refractivity contribution is 7.22. The standard InChI is InChI=1S/C29H29N5OS/c1-5-12-35-26-9-6-19(17-34(3)4)13-22(26)27-14-23-28(20(15-30)16-32-29(23)36-27)33-24-7-8-25-21(18(24)2)10-11-31-25/h6-11,13-14,16,31H,5,12,17H2,1-4H3,(H,32,33). The van der Waals surface area contributed by atoms with Crippen molar-refractivity contribution >= 4 is 43.8 Å². The second kappa shape index (κ2) is 10.0. The minimum atomic E-state index is 0.518. The Bertz CT molecular complexity index is 1590. The van der Waals surface area contributed by atoms with Crippen LogP contribution in [0.5, 0.6) is 5.75 Å². The van der Waals surface area contributed by atoms with Gasteiger partial charge in [-0.15, -0.1) is 11.3 Å². The van der Waals surface area contributed by atoms with Crippen LogP contribution in [0.4, 0.5) is 11.4 Å². The van der Waals surface area contributed by atoms with Crippen molar-refractivity contribution in [2.45, 2.75) is 26.8 Å². The van der Waals surface area contributed by atoms with Gasteiger partial charge in [-0.05, 0) is 75.0 Å². The van der Waals surface area contributed by atoms with Crippen LogP contribution in [0.2, 0.25) is 0 Å². The third kappa shape index (κ3) is 4.53. The predicted molar refractivity (Wildman–Crippen MR) is 149 cm³/mol. The summed E-state index contributed by atoms with van der Waals surface area (Å²) in [5.74, 6) is 0.870.